The fourth-order valence-corrected chi connectivity index (χ4v) is 2.78. The van der Waals surface area contributed by atoms with Gasteiger partial charge in [-0.15, -0.1) is 10.2 Å². The van der Waals surface area contributed by atoms with Gasteiger partial charge in [0.1, 0.15) is 17.5 Å². The summed E-state index contributed by atoms with van der Waals surface area (Å²) in [6.45, 7) is 1.95. The zero-order valence-electron chi connectivity index (χ0n) is 19.2. The lowest BCUT2D eigenvalue weighted by Gasteiger charge is -2.13. The third-order valence-electron chi connectivity index (χ3n) is 4.53. The quantitative estimate of drug-likeness (QED) is 0.150. The predicted octanol–water partition coefficient (Wildman–Crippen LogP) is 2.90. The first-order valence-corrected chi connectivity index (χ1v) is 11.2. The summed E-state index contributed by atoms with van der Waals surface area (Å²) in [5.74, 6) is 0.0126. The lowest BCUT2D eigenvalue weighted by atomic mass is 10.2. The first kappa shape index (κ1) is 26.0. The molecule has 1 heterocycles. The number of aromatic nitrogens is 2. The maximum absolute atomic E-state index is 12.6. The number of nitrogens with one attached hydrogen (secondary N) is 5. The molecule has 0 saturated heterocycles. The Hall–Kier alpha value is -4.66. The summed E-state index contributed by atoms with van der Waals surface area (Å²) in [4.78, 5) is 24.4. The van der Waals surface area contributed by atoms with E-state index in [2.05, 4.69) is 37.2 Å². The molecule has 184 valence electrons. The number of rotatable bonds is 11. The SMILES string of the molecule is CCC(=O)N/C(=C/NNNc1ccc(Oc2ccc(C#N)nn2)cc1)C(=O)NCc1ccc(Cl)cc1. The molecule has 2 amide bonds. The molecule has 12 heteroatoms. The van der Waals surface area contributed by atoms with Crippen LogP contribution in [0.15, 0.2) is 72.6 Å². The summed E-state index contributed by atoms with van der Waals surface area (Å²) in [5, 5.41) is 22.2. The Kier molecular flexibility index (Phi) is 9.58. The highest BCUT2D eigenvalue weighted by Crippen LogP contribution is 2.20. The smallest absolute Gasteiger partial charge is 0.269 e. The normalized spacial score (nSPS) is 10.6. The van der Waals surface area contributed by atoms with Crippen LogP contribution >= 0.6 is 11.6 Å². The van der Waals surface area contributed by atoms with Gasteiger partial charge in [-0.25, -0.2) is 0 Å². The van der Waals surface area contributed by atoms with E-state index >= 15 is 0 Å². The number of amides is 2. The maximum Gasteiger partial charge on any atom is 0.269 e. The highest BCUT2D eigenvalue weighted by Gasteiger charge is 2.12. The van der Waals surface area contributed by atoms with Crippen molar-refractivity contribution in [1.29, 1.82) is 5.26 Å². The molecule has 0 fully saturated rings. The molecule has 2 aromatic carbocycles. The number of nitrogens with zero attached hydrogens (tertiary/aromatic N) is 3. The van der Waals surface area contributed by atoms with Crippen LogP contribution in [0.1, 0.15) is 24.6 Å². The van der Waals surface area contributed by atoms with Crippen LogP contribution in [-0.2, 0) is 16.1 Å². The summed E-state index contributed by atoms with van der Waals surface area (Å²) >= 11 is 5.88. The minimum atomic E-state index is -0.464. The van der Waals surface area contributed by atoms with Gasteiger partial charge in [0.15, 0.2) is 5.69 Å². The van der Waals surface area contributed by atoms with E-state index in [1.807, 2.05) is 6.07 Å². The summed E-state index contributed by atoms with van der Waals surface area (Å²) in [6, 6.07) is 18.9. The minimum Gasteiger partial charge on any atom is -0.438 e. The largest absolute Gasteiger partial charge is 0.438 e. The van der Waals surface area contributed by atoms with E-state index in [0.29, 0.717) is 16.5 Å². The van der Waals surface area contributed by atoms with Gasteiger partial charge in [-0.05, 0) is 48.0 Å². The van der Waals surface area contributed by atoms with Gasteiger partial charge in [0.05, 0.1) is 5.69 Å². The molecule has 0 saturated carbocycles. The number of halogens is 1. The molecule has 3 aromatic rings. The van der Waals surface area contributed by atoms with E-state index in [1.165, 1.54) is 12.3 Å². The van der Waals surface area contributed by atoms with Crippen LogP contribution in [0.3, 0.4) is 0 Å². The average molecular weight is 507 g/mol. The topological polar surface area (TPSA) is 153 Å². The van der Waals surface area contributed by atoms with Crippen molar-refractivity contribution in [1.82, 2.24) is 31.8 Å². The molecule has 0 radical (unpaired) electrons. The lowest BCUT2D eigenvalue weighted by molar-refractivity contribution is -0.123. The van der Waals surface area contributed by atoms with E-state index in [1.54, 1.807) is 61.5 Å². The van der Waals surface area contributed by atoms with Crippen LogP contribution in [0.5, 0.6) is 11.6 Å². The van der Waals surface area contributed by atoms with Crippen LogP contribution in [0.25, 0.3) is 0 Å². The Balaban J connectivity index is 1.51. The number of carbonyl (C=O) groups is 2. The van der Waals surface area contributed by atoms with Gasteiger partial charge in [0.25, 0.3) is 5.91 Å². The maximum atomic E-state index is 12.6. The number of hydrogen-bond acceptors (Lipinski definition) is 9. The molecule has 3 rings (SSSR count). The predicted molar refractivity (Wildman–Crippen MR) is 133 cm³/mol. The van der Waals surface area contributed by atoms with Crippen molar-refractivity contribution < 1.29 is 14.3 Å². The van der Waals surface area contributed by atoms with Crippen LogP contribution in [0.2, 0.25) is 5.02 Å². The number of hydrogen-bond donors (Lipinski definition) is 5. The van der Waals surface area contributed by atoms with Crippen molar-refractivity contribution in [2.24, 2.45) is 0 Å². The second kappa shape index (κ2) is 13.3. The van der Waals surface area contributed by atoms with E-state index in [9.17, 15) is 9.59 Å². The lowest BCUT2D eigenvalue weighted by Crippen LogP contribution is -2.38. The van der Waals surface area contributed by atoms with Gasteiger partial charge >= 0.3 is 0 Å². The molecule has 0 aliphatic carbocycles. The number of benzene rings is 2. The average Bonchev–Trinajstić information content (AvgIpc) is 2.91. The van der Waals surface area contributed by atoms with Gasteiger partial charge in [0, 0.05) is 30.3 Å². The minimum absolute atomic E-state index is 0.0392. The second-order valence-electron chi connectivity index (χ2n) is 7.16. The number of anilines is 1. The monoisotopic (exact) mass is 506 g/mol. The molecule has 36 heavy (non-hydrogen) atoms. The van der Waals surface area contributed by atoms with E-state index in [-0.39, 0.29) is 36.1 Å². The number of ether oxygens (including phenoxy) is 1. The Morgan fingerprint density at radius 1 is 1.06 bits per heavy atom. The number of nitriles is 1. The first-order chi connectivity index (χ1) is 17.5. The van der Waals surface area contributed by atoms with Gasteiger partial charge in [0.2, 0.25) is 11.8 Å². The highest BCUT2D eigenvalue weighted by molar-refractivity contribution is 6.30. The van der Waals surface area contributed by atoms with Gasteiger partial charge in [-0.2, -0.15) is 10.8 Å². The second-order valence-corrected chi connectivity index (χ2v) is 7.59. The summed E-state index contributed by atoms with van der Waals surface area (Å²) in [6.07, 6.45) is 1.55. The van der Waals surface area contributed by atoms with Gasteiger partial charge in [-0.3, -0.25) is 9.59 Å². The van der Waals surface area contributed by atoms with E-state index < -0.39 is 5.91 Å². The fourth-order valence-electron chi connectivity index (χ4n) is 2.65. The molecule has 0 bridgehead atoms. The summed E-state index contributed by atoms with van der Waals surface area (Å²) in [5.41, 5.74) is 10.1. The summed E-state index contributed by atoms with van der Waals surface area (Å²) < 4.78 is 5.58. The molecule has 0 unspecified atom stereocenters. The molecule has 1 aromatic heterocycles. The Labute approximate surface area is 212 Å². The molecular formula is C24H23ClN8O3. The molecule has 5 N–H and O–H groups in total. The van der Waals surface area contributed by atoms with Crippen molar-refractivity contribution in [3.63, 3.8) is 0 Å². The van der Waals surface area contributed by atoms with E-state index in [4.69, 9.17) is 21.6 Å². The number of hydrazine groups is 2. The molecule has 0 atom stereocenters. The van der Waals surface area contributed by atoms with Gasteiger partial charge < -0.3 is 26.2 Å². The Morgan fingerprint density at radius 2 is 1.81 bits per heavy atom. The molecule has 0 spiro atoms. The summed E-state index contributed by atoms with van der Waals surface area (Å²) in [7, 11) is 0. The standard InChI is InChI=1S/C24H23ClN8O3/c1-2-22(34)29-21(24(35)27-14-16-3-5-17(25)6-4-16)15-28-33-31-18-7-10-20(11-8-18)36-23-12-9-19(13-26)30-32-23/h3-12,15,28,31,33H,2,14H2,1H3,(H,27,35)(H,29,34)/b21-15+. The van der Waals surface area contributed by atoms with Crippen LogP contribution in [0, 0.1) is 11.3 Å². The molecule has 11 nitrogen and oxygen atoms in total. The zero-order valence-corrected chi connectivity index (χ0v) is 20.0. The van der Waals surface area contributed by atoms with Crippen LogP contribution in [0.4, 0.5) is 5.69 Å². The van der Waals surface area contributed by atoms with E-state index in [0.717, 1.165) is 5.56 Å². The first-order valence-electron chi connectivity index (χ1n) is 10.8. The third-order valence-corrected chi connectivity index (χ3v) is 4.79. The van der Waals surface area contributed by atoms with Crippen LogP contribution in [-0.4, -0.2) is 22.0 Å². The molecule has 0 aliphatic heterocycles. The highest BCUT2D eigenvalue weighted by atomic mass is 35.5. The van der Waals surface area contributed by atoms with Crippen molar-refractivity contribution >= 4 is 29.1 Å². The Bertz CT molecular complexity index is 1240. The fraction of sp³-hybridized carbons (Fsp3) is 0.125. The molecular weight excluding hydrogens is 484 g/mol. The van der Waals surface area contributed by atoms with Crippen molar-refractivity contribution in [2.75, 3.05) is 5.43 Å². The number of carbonyl (C=O) groups excluding carboxylic acids is 2. The van der Waals surface area contributed by atoms with Crippen molar-refractivity contribution in [3.05, 3.63) is 88.8 Å². The van der Waals surface area contributed by atoms with Crippen molar-refractivity contribution in [3.8, 4) is 17.7 Å². The third kappa shape index (κ3) is 8.28. The zero-order chi connectivity index (χ0) is 25.8. The molecule has 0 aliphatic rings. The Morgan fingerprint density at radius 3 is 2.44 bits per heavy atom. The van der Waals surface area contributed by atoms with Gasteiger partial charge in [-0.1, -0.05) is 30.7 Å². The van der Waals surface area contributed by atoms with Crippen molar-refractivity contribution in [2.45, 2.75) is 19.9 Å². The van der Waals surface area contributed by atoms with Crippen LogP contribution < -0.4 is 31.8 Å².